The number of benzene rings is 1. The molecule has 29 heavy (non-hydrogen) atoms. The van der Waals surface area contributed by atoms with E-state index >= 15 is 0 Å². The molecule has 1 unspecified atom stereocenters. The Morgan fingerprint density at radius 3 is 2.69 bits per heavy atom. The smallest absolute Gasteiger partial charge is 0.293 e. The molecule has 2 heterocycles. The SMILES string of the molecule is O=C(NCC(c1ccco1)N1CCCCC1)c1ccc(NC2CC2)c([N+](=O)[O-])c1. The molecule has 0 radical (unpaired) electrons. The number of nitrogens with one attached hydrogen (secondary N) is 2. The van der Waals surface area contributed by atoms with Gasteiger partial charge in [-0.3, -0.25) is 19.8 Å². The normalized spacial score (nSPS) is 18.2. The third-order valence-electron chi connectivity index (χ3n) is 5.55. The number of hydrogen-bond donors (Lipinski definition) is 2. The Bertz CT molecular complexity index is 858. The molecule has 0 bridgehead atoms. The van der Waals surface area contributed by atoms with Crippen molar-refractivity contribution in [3.8, 4) is 0 Å². The number of amides is 1. The van der Waals surface area contributed by atoms with Crippen LogP contribution in [-0.4, -0.2) is 41.4 Å². The Labute approximate surface area is 169 Å². The molecule has 1 amide bonds. The molecule has 154 valence electrons. The molecule has 1 saturated carbocycles. The second-order valence-electron chi connectivity index (χ2n) is 7.75. The quantitative estimate of drug-likeness (QED) is 0.519. The molecule has 1 aromatic heterocycles. The number of nitro groups is 1. The van der Waals surface area contributed by atoms with Gasteiger partial charge in [0.15, 0.2) is 0 Å². The van der Waals surface area contributed by atoms with E-state index in [9.17, 15) is 14.9 Å². The van der Waals surface area contributed by atoms with Gasteiger partial charge in [-0.25, -0.2) is 0 Å². The number of hydrogen-bond acceptors (Lipinski definition) is 6. The van der Waals surface area contributed by atoms with Crippen LogP contribution >= 0.6 is 0 Å². The Morgan fingerprint density at radius 2 is 2.03 bits per heavy atom. The van der Waals surface area contributed by atoms with Crippen molar-refractivity contribution in [2.45, 2.75) is 44.2 Å². The standard InChI is InChI=1S/C21H26N4O4/c26-21(15-6-9-17(23-16-7-8-16)18(13-15)25(27)28)22-14-19(20-5-4-12-29-20)24-10-2-1-3-11-24/h4-6,9,12-13,16,19,23H,1-3,7-8,10-11,14H2,(H,22,26). The number of likely N-dealkylation sites (tertiary alicyclic amines) is 1. The van der Waals surface area contributed by atoms with Gasteiger partial charge in [0.1, 0.15) is 11.4 Å². The van der Waals surface area contributed by atoms with E-state index in [1.54, 1.807) is 18.4 Å². The second-order valence-corrected chi connectivity index (χ2v) is 7.75. The minimum absolute atomic E-state index is 0.0416. The van der Waals surface area contributed by atoms with Crippen molar-refractivity contribution in [2.24, 2.45) is 0 Å². The minimum Gasteiger partial charge on any atom is -0.468 e. The van der Waals surface area contributed by atoms with Crippen molar-refractivity contribution in [3.05, 3.63) is 58.0 Å². The fourth-order valence-electron chi connectivity index (χ4n) is 3.81. The number of carbonyl (C=O) groups is 1. The predicted molar refractivity (Wildman–Crippen MR) is 109 cm³/mol. The van der Waals surface area contributed by atoms with Crippen LogP contribution < -0.4 is 10.6 Å². The average Bonchev–Trinajstić information content (AvgIpc) is 3.39. The van der Waals surface area contributed by atoms with Gasteiger partial charge in [-0.05, 0) is 63.0 Å². The molecule has 1 aliphatic heterocycles. The van der Waals surface area contributed by atoms with E-state index in [0.29, 0.717) is 18.3 Å². The third kappa shape index (κ3) is 4.76. The van der Waals surface area contributed by atoms with E-state index in [1.165, 1.54) is 12.5 Å². The summed E-state index contributed by atoms with van der Waals surface area (Å²) in [6.07, 6.45) is 7.16. The average molecular weight is 398 g/mol. The van der Waals surface area contributed by atoms with Crippen LogP contribution in [0.5, 0.6) is 0 Å². The number of rotatable bonds is 8. The summed E-state index contributed by atoms with van der Waals surface area (Å²) >= 11 is 0. The Morgan fingerprint density at radius 1 is 1.24 bits per heavy atom. The molecule has 2 N–H and O–H groups in total. The van der Waals surface area contributed by atoms with Gasteiger partial charge >= 0.3 is 0 Å². The molecule has 1 atom stereocenters. The second kappa shape index (κ2) is 8.65. The van der Waals surface area contributed by atoms with Gasteiger partial charge in [0.2, 0.25) is 0 Å². The van der Waals surface area contributed by atoms with E-state index in [-0.39, 0.29) is 23.2 Å². The third-order valence-corrected chi connectivity index (χ3v) is 5.55. The number of nitro benzene ring substituents is 1. The van der Waals surface area contributed by atoms with E-state index in [1.807, 2.05) is 12.1 Å². The lowest BCUT2D eigenvalue weighted by Crippen LogP contribution is -2.40. The van der Waals surface area contributed by atoms with Crippen molar-refractivity contribution < 1.29 is 14.1 Å². The number of anilines is 1. The van der Waals surface area contributed by atoms with Crippen LogP contribution in [-0.2, 0) is 0 Å². The Hall–Kier alpha value is -2.87. The van der Waals surface area contributed by atoms with Gasteiger partial charge in [0.05, 0.1) is 17.2 Å². The van der Waals surface area contributed by atoms with Gasteiger partial charge in [-0.1, -0.05) is 6.42 Å². The fourth-order valence-corrected chi connectivity index (χ4v) is 3.81. The maximum atomic E-state index is 12.7. The summed E-state index contributed by atoms with van der Waals surface area (Å²) in [5, 5.41) is 17.5. The lowest BCUT2D eigenvalue weighted by molar-refractivity contribution is -0.384. The van der Waals surface area contributed by atoms with Gasteiger partial charge in [0.25, 0.3) is 11.6 Å². The number of furan rings is 1. The highest BCUT2D eigenvalue weighted by molar-refractivity contribution is 5.95. The lowest BCUT2D eigenvalue weighted by atomic mass is 10.1. The molecular weight excluding hydrogens is 372 g/mol. The summed E-state index contributed by atoms with van der Waals surface area (Å²) in [6, 6.07) is 8.64. The van der Waals surface area contributed by atoms with Crippen molar-refractivity contribution in [2.75, 3.05) is 25.0 Å². The Balaban J connectivity index is 1.46. The highest BCUT2D eigenvalue weighted by atomic mass is 16.6. The molecule has 8 nitrogen and oxygen atoms in total. The van der Waals surface area contributed by atoms with Gasteiger partial charge in [-0.2, -0.15) is 0 Å². The summed E-state index contributed by atoms with van der Waals surface area (Å²) in [7, 11) is 0. The van der Waals surface area contributed by atoms with Crippen molar-refractivity contribution in [3.63, 3.8) is 0 Å². The zero-order valence-corrected chi connectivity index (χ0v) is 16.3. The topological polar surface area (TPSA) is 101 Å². The zero-order valence-electron chi connectivity index (χ0n) is 16.3. The summed E-state index contributed by atoms with van der Waals surface area (Å²) in [6.45, 7) is 2.32. The van der Waals surface area contributed by atoms with Gasteiger partial charge in [0, 0.05) is 24.2 Å². The number of carbonyl (C=O) groups excluding carboxylic acids is 1. The zero-order chi connectivity index (χ0) is 20.2. The molecule has 1 saturated heterocycles. The van der Waals surface area contributed by atoms with Crippen LogP contribution in [0, 0.1) is 10.1 Å². The van der Waals surface area contributed by atoms with Crippen LogP contribution in [0.4, 0.5) is 11.4 Å². The molecule has 1 aliphatic carbocycles. The van der Waals surface area contributed by atoms with E-state index < -0.39 is 4.92 Å². The van der Waals surface area contributed by atoms with Crippen LogP contribution in [0.3, 0.4) is 0 Å². The summed E-state index contributed by atoms with van der Waals surface area (Å²) in [4.78, 5) is 26.0. The highest BCUT2D eigenvalue weighted by Crippen LogP contribution is 2.31. The van der Waals surface area contributed by atoms with E-state index in [0.717, 1.165) is 44.5 Å². The van der Waals surface area contributed by atoms with Crippen molar-refractivity contribution in [1.82, 2.24) is 10.2 Å². The van der Waals surface area contributed by atoms with Crippen LogP contribution in [0.2, 0.25) is 0 Å². The van der Waals surface area contributed by atoms with E-state index in [4.69, 9.17) is 4.42 Å². The van der Waals surface area contributed by atoms with Crippen molar-refractivity contribution >= 4 is 17.3 Å². The minimum atomic E-state index is -0.444. The molecule has 4 rings (SSSR count). The van der Waals surface area contributed by atoms with Crippen LogP contribution in [0.15, 0.2) is 41.0 Å². The van der Waals surface area contributed by atoms with Crippen molar-refractivity contribution in [1.29, 1.82) is 0 Å². The lowest BCUT2D eigenvalue weighted by Gasteiger charge is -2.33. The first-order valence-electron chi connectivity index (χ1n) is 10.2. The molecule has 2 aromatic rings. The van der Waals surface area contributed by atoms with Gasteiger partial charge in [-0.15, -0.1) is 0 Å². The number of piperidine rings is 1. The first-order valence-corrected chi connectivity index (χ1v) is 10.2. The number of nitrogens with zero attached hydrogens (tertiary/aromatic N) is 2. The molecule has 8 heteroatoms. The molecule has 2 aliphatic rings. The molecular formula is C21H26N4O4. The largest absolute Gasteiger partial charge is 0.468 e. The molecule has 1 aromatic carbocycles. The van der Waals surface area contributed by atoms with Crippen LogP contribution in [0.1, 0.15) is 54.3 Å². The maximum absolute atomic E-state index is 12.7. The van der Waals surface area contributed by atoms with Gasteiger partial charge < -0.3 is 15.1 Å². The first kappa shape index (κ1) is 19.4. The summed E-state index contributed by atoms with van der Waals surface area (Å²) in [5.74, 6) is 0.502. The Kier molecular flexibility index (Phi) is 5.80. The van der Waals surface area contributed by atoms with Crippen LogP contribution in [0.25, 0.3) is 0 Å². The monoisotopic (exact) mass is 398 g/mol. The maximum Gasteiger partial charge on any atom is 0.293 e. The summed E-state index contributed by atoms with van der Waals surface area (Å²) in [5.41, 5.74) is 0.689. The first-order chi connectivity index (χ1) is 14.1. The van der Waals surface area contributed by atoms with E-state index in [2.05, 4.69) is 15.5 Å². The summed E-state index contributed by atoms with van der Waals surface area (Å²) < 4.78 is 5.61. The highest BCUT2D eigenvalue weighted by Gasteiger charge is 2.27. The molecule has 0 spiro atoms. The fraction of sp³-hybridized carbons (Fsp3) is 0.476. The predicted octanol–water partition coefficient (Wildman–Crippen LogP) is 3.72. The molecule has 2 fully saturated rings.